The van der Waals surface area contributed by atoms with Gasteiger partial charge in [-0.25, -0.2) is 4.99 Å². The van der Waals surface area contributed by atoms with Crippen LogP contribution in [0.15, 0.2) is 4.99 Å². The fourth-order valence-corrected chi connectivity index (χ4v) is 1.27. The highest BCUT2D eigenvalue weighted by atomic mass is 127. The summed E-state index contributed by atoms with van der Waals surface area (Å²) in [5, 5.41) is 9.23. The maximum atomic E-state index is 11.7. The largest absolute Gasteiger partial charge is 0.357 e. The Hall–Kier alpha value is -0.530. The summed E-state index contributed by atoms with van der Waals surface area (Å²) in [7, 11) is 0. The number of carbonyl (C=O) groups excluding carboxylic acids is 1. The van der Waals surface area contributed by atoms with Crippen LogP contribution in [0.4, 0.5) is 0 Å². The molecule has 0 aromatic rings. The quantitative estimate of drug-likeness (QED) is 0.396. The van der Waals surface area contributed by atoms with E-state index in [0.29, 0.717) is 5.96 Å². The number of amides is 1. The smallest absolute Gasteiger partial charge is 0.242 e. The molecule has 0 aliphatic heterocycles. The van der Waals surface area contributed by atoms with Crippen LogP contribution in [0.5, 0.6) is 0 Å². The molecule has 0 atom stereocenters. The summed E-state index contributed by atoms with van der Waals surface area (Å²) in [5.41, 5.74) is -0.302. The molecule has 0 aliphatic carbocycles. The van der Waals surface area contributed by atoms with Crippen LogP contribution in [0, 0.1) is 0 Å². The summed E-state index contributed by atoms with van der Waals surface area (Å²) in [4.78, 5) is 15.9. The summed E-state index contributed by atoms with van der Waals surface area (Å²) in [6.45, 7) is 14.9. The Morgan fingerprint density at radius 3 is 1.84 bits per heavy atom. The van der Waals surface area contributed by atoms with Crippen LogP contribution in [0.1, 0.15) is 48.5 Å². The molecule has 1 amide bonds. The van der Waals surface area contributed by atoms with Crippen molar-refractivity contribution < 1.29 is 4.79 Å². The van der Waals surface area contributed by atoms with Gasteiger partial charge in [0.25, 0.3) is 0 Å². The van der Waals surface area contributed by atoms with Gasteiger partial charge in [-0.3, -0.25) is 4.79 Å². The lowest BCUT2D eigenvalue weighted by molar-refractivity contribution is -0.121. The number of aliphatic imine (C=N–C) groups is 1. The molecule has 0 aliphatic rings. The minimum absolute atomic E-state index is 0. The van der Waals surface area contributed by atoms with Crippen molar-refractivity contribution in [2.75, 3.05) is 13.1 Å². The van der Waals surface area contributed by atoms with E-state index in [9.17, 15) is 4.79 Å². The first-order valence-electron chi connectivity index (χ1n) is 6.41. The fraction of sp³-hybridized carbons (Fsp3) is 0.846. The van der Waals surface area contributed by atoms with Crippen molar-refractivity contribution in [2.45, 2.75) is 59.5 Å². The van der Waals surface area contributed by atoms with E-state index in [1.165, 1.54) is 0 Å². The van der Waals surface area contributed by atoms with Gasteiger partial charge in [-0.1, -0.05) is 0 Å². The van der Waals surface area contributed by atoms with Crippen LogP contribution >= 0.6 is 24.0 Å². The summed E-state index contributed by atoms with van der Waals surface area (Å²) >= 11 is 0. The van der Waals surface area contributed by atoms with Crippen molar-refractivity contribution in [2.24, 2.45) is 4.99 Å². The zero-order valence-electron chi connectivity index (χ0n) is 13.2. The Labute approximate surface area is 134 Å². The molecule has 0 unspecified atom stereocenters. The van der Waals surface area contributed by atoms with Crippen LogP contribution in [0.3, 0.4) is 0 Å². The molecule has 0 heterocycles. The first kappa shape index (κ1) is 20.8. The highest BCUT2D eigenvalue weighted by Crippen LogP contribution is 1.99. The van der Waals surface area contributed by atoms with Gasteiger partial charge in [0.15, 0.2) is 5.96 Å². The van der Waals surface area contributed by atoms with Gasteiger partial charge in [-0.05, 0) is 48.5 Å². The highest BCUT2D eigenvalue weighted by molar-refractivity contribution is 14.0. The van der Waals surface area contributed by atoms with Crippen LogP contribution in [-0.4, -0.2) is 36.0 Å². The Morgan fingerprint density at radius 2 is 1.47 bits per heavy atom. The van der Waals surface area contributed by atoms with E-state index < -0.39 is 0 Å². The summed E-state index contributed by atoms with van der Waals surface area (Å²) in [6, 6.07) is 0. The van der Waals surface area contributed by atoms with Gasteiger partial charge >= 0.3 is 0 Å². The molecule has 114 valence electrons. The number of nitrogens with one attached hydrogen (secondary N) is 3. The number of guanidine groups is 1. The fourth-order valence-electron chi connectivity index (χ4n) is 1.27. The Bertz CT molecular complexity index is 303. The molecule has 0 aromatic carbocycles. The van der Waals surface area contributed by atoms with Gasteiger partial charge in [-0.2, -0.15) is 0 Å². The molecule has 0 saturated heterocycles. The number of rotatable bonds is 3. The van der Waals surface area contributed by atoms with Crippen molar-refractivity contribution >= 4 is 35.8 Å². The van der Waals surface area contributed by atoms with E-state index in [1.54, 1.807) is 0 Å². The number of halogens is 1. The van der Waals surface area contributed by atoms with Gasteiger partial charge in [0.05, 0.1) is 0 Å². The average molecular weight is 384 g/mol. The number of carbonyl (C=O) groups is 1. The maximum absolute atomic E-state index is 11.7. The highest BCUT2D eigenvalue weighted by Gasteiger charge is 2.15. The Morgan fingerprint density at radius 1 is 1.00 bits per heavy atom. The third-order valence-electron chi connectivity index (χ3n) is 1.73. The maximum Gasteiger partial charge on any atom is 0.242 e. The predicted molar refractivity (Wildman–Crippen MR) is 92.2 cm³/mol. The second-order valence-electron chi connectivity index (χ2n) is 6.37. The third-order valence-corrected chi connectivity index (χ3v) is 1.73. The lowest BCUT2D eigenvalue weighted by Crippen LogP contribution is -2.48. The number of nitrogens with zero attached hydrogens (tertiary/aromatic N) is 1. The second kappa shape index (κ2) is 8.60. The van der Waals surface area contributed by atoms with E-state index in [1.807, 2.05) is 27.7 Å². The zero-order chi connectivity index (χ0) is 14.4. The van der Waals surface area contributed by atoms with E-state index in [0.717, 1.165) is 6.54 Å². The molecule has 0 bridgehead atoms. The molecule has 19 heavy (non-hydrogen) atoms. The number of hydrogen-bond donors (Lipinski definition) is 3. The molecule has 0 aromatic heterocycles. The third kappa shape index (κ3) is 13.7. The lowest BCUT2D eigenvalue weighted by atomic mass is 10.1. The normalized spacial score (nSPS) is 12.5. The number of hydrogen-bond acceptors (Lipinski definition) is 2. The topological polar surface area (TPSA) is 65.5 Å². The van der Waals surface area contributed by atoms with Crippen molar-refractivity contribution in [3.05, 3.63) is 0 Å². The van der Waals surface area contributed by atoms with Crippen molar-refractivity contribution in [1.82, 2.24) is 16.0 Å². The molecule has 0 saturated carbocycles. The minimum Gasteiger partial charge on any atom is -0.357 e. The SMILES string of the molecule is CCNC(=NCC(=O)NC(C)(C)C)NC(C)(C)C.I. The second-order valence-corrected chi connectivity index (χ2v) is 6.37. The van der Waals surface area contributed by atoms with E-state index in [-0.39, 0.29) is 47.5 Å². The summed E-state index contributed by atoms with van der Waals surface area (Å²) in [5.74, 6) is 0.586. The molecule has 3 N–H and O–H groups in total. The molecule has 5 nitrogen and oxygen atoms in total. The van der Waals surface area contributed by atoms with Crippen molar-refractivity contribution in [3.63, 3.8) is 0 Å². The van der Waals surface area contributed by atoms with Gasteiger partial charge in [0, 0.05) is 17.6 Å². The molecule has 0 fully saturated rings. The van der Waals surface area contributed by atoms with Crippen LogP contribution in [0.25, 0.3) is 0 Å². The van der Waals surface area contributed by atoms with Gasteiger partial charge in [0.2, 0.25) is 5.91 Å². The van der Waals surface area contributed by atoms with Gasteiger partial charge < -0.3 is 16.0 Å². The molecular weight excluding hydrogens is 355 g/mol. The average Bonchev–Trinajstić information content (AvgIpc) is 2.09. The molecular formula is C13H29IN4O. The molecule has 6 heteroatoms. The first-order chi connectivity index (χ1) is 8.03. The van der Waals surface area contributed by atoms with Gasteiger partial charge in [-0.15, -0.1) is 24.0 Å². The van der Waals surface area contributed by atoms with Crippen LogP contribution in [-0.2, 0) is 4.79 Å². The van der Waals surface area contributed by atoms with E-state index in [2.05, 4.69) is 41.7 Å². The van der Waals surface area contributed by atoms with Gasteiger partial charge in [0.1, 0.15) is 6.54 Å². The summed E-state index contributed by atoms with van der Waals surface area (Å²) < 4.78 is 0. The Kier molecular flexibility index (Phi) is 9.41. The monoisotopic (exact) mass is 384 g/mol. The van der Waals surface area contributed by atoms with Crippen LogP contribution in [0.2, 0.25) is 0 Å². The Balaban J connectivity index is 0. The van der Waals surface area contributed by atoms with Crippen molar-refractivity contribution in [1.29, 1.82) is 0 Å². The standard InChI is InChI=1S/C13H28N4O.HI/c1-8-14-11(17-13(5,6)7)15-9-10(18)16-12(2,3)4;/h8-9H2,1-7H3,(H,16,18)(H2,14,15,17);1H. The molecule has 0 radical (unpaired) electrons. The van der Waals surface area contributed by atoms with E-state index >= 15 is 0 Å². The minimum atomic E-state index is -0.220. The first-order valence-corrected chi connectivity index (χ1v) is 6.41. The summed E-state index contributed by atoms with van der Waals surface area (Å²) in [6.07, 6.45) is 0. The lowest BCUT2D eigenvalue weighted by Gasteiger charge is -2.24. The predicted octanol–water partition coefficient (Wildman–Crippen LogP) is 1.87. The van der Waals surface area contributed by atoms with Crippen molar-refractivity contribution in [3.8, 4) is 0 Å². The molecule has 0 spiro atoms. The van der Waals surface area contributed by atoms with Crippen LogP contribution < -0.4 is 16.0 Å². The molecule has 0 rings (SSSR count). The van der Waals surface area contributed by atoms with E-state index in [4.69, 9.17) is 0 Å². The zero-order valence-corrected chi connectivity index (χ0v) is 15.5.